The van der Waals surface area contributed by atoms with Gasteiger partial charge in [-0.1, -0.05) is 51.8 Å². The van der Waals surface area contributed by atoms with Crippen molar-refractivity contribution in [2.24, 2.45) is 0 Å². The second-order valence-electron chi connectivity index (χ2n) is 6.26. The van der Waals surface area contributed by atoms with Gasteiger partial charge < -0.3 is 10.6 Å². The van der Waals surface area contributed by atoms with Gasteiger partial charge in [-0.3, -0.25) is 4.79 Å². The number of hydrogen-bond donors (Lipinski definition) is 2. The van der Waals surface area contributed by atoms with Crippen LogP contribution in [-0.4, -0.2) is 17.4 Å². The van der Waals surface area contributed by atoms with E-state index < -0.39 is 0 Å². The minimum absolute atomic E-state index is 0.109. The molecule has 2 aromatic rings. The number of aromatic nitrogens is 1. The number of carbonyl (C=O) groups is 1. The van der Waals surface area contributed by atoms with E-state index in [4.69, 9.17) is 0 Å². The SMILES string of the molecule is CCCCCNc1cc(C(=O)Nc2ccccc2C(C)C)ccn1. The molecule has 0 unspecified atom stereocenters. The monoisotopic (exact) mass is 325 g/mol. The number of anilines is 2. The molecule has 128 valence electrons. The highest BCUT2D eigenvalue weighted by atomic mass is 16.1. The lowest BCUT2D eigenvalue weighted by atomic mass is 10.0. The van der Waals surface area contributed by atoms with E-state index in [9.17, 15) is 4.79 Å². The third kappa shape index (κ3) is 5.08. The van der Waals surface area contributed by atoms with Gasteiger partial charge in [-0.2, -0.15) is 0 Å². The third-order valence-electron chi connectivity index (χ3n) is 3.94. The van der Waals surface area contributed by atoms with Crippen LogP contribution in [0.2, 0.25) is 0 Å². The number of benzene rings is 1. The smallest absolute Gasteiger partial charge is 0.255 e. The number of rotatable bonds is 8. The molecule has 0 fully saturated rings. The fourth-order valence-electron chi connectivity index (χ4n) is 2.57. The van der Waals surface area contributed by atoms with Crippen LogP contribution in [0.3, 0.4) is 0 Å². The van der Waals surface area contributed by atoms with Crippen LogP contribution < -0.4 is 10.6 Å². The molecule has 1 aromatic heterocycles. The Kier molecular flexibility index (Phi) is 6.79. The standard InChI is InChI=1S/C20H27N3O/c1-4-5-8-12-21-19-14-16(11-13-22-19)20(24)23-18-10-7-6-9-17(18)15(2)3/h6-7,9-11,13-15H,4-5,8,12H2,1-3H3,(H,21,22)(H,23,24). The maximum Gasteiger partial charge on any atom is 0.255 e. The summed E-state index contributed by atoms with van der Waals surface area (Å²) in [5.41, 5.74) is 2.62. The first-order valence-electron chi connectivity index (χ1n) is 8.72. The van der Waals surface area contributed by atoms with Gasteiger partial charge in [0.05, 0.1) is 0 Å². The van der Waals surface area contributed by atoms with E-state index in [1.54, 1.807) is 18.3 Å². The van der Waals surface area contributed by atoms with E-state index in [0.29, 0.717) is 11.5 Å². The van der Waals surface area contributed by atoms with Crippen molar-refractivity contribution in [1.82, 2.24) is 4.98 Å². The van der Waals surface area contributed by atoms with Crippen molar-refractivity contribution in [2.75, 3.05) is 17.2 Å². The predicted octanol–water partition coefficient (Wildman–Crippen LogP) is 5.06. The highest BCUT2D eigenvalue weighted by Gasteiger charge is 2.11. The molecular formula is C20H27N3O. The summed E-state index contributed by atoms with van der Waals surface area (Å²) >= 11 is 0. The molecule has 0 radical (unpaired) electrons. The minimum Gasteiger partial charge on any atom is -0.370 e. The van der Waals surface area contributed by atoms with Crippen molar-refractivity contribution in [3.63, 3.8) is 0 Å². The van der Waals surface area contributed by atoms with Crippen molar-refractivity contribution >= 4 is 17.4 Å². The summed E-state index contributed by atoms with van der Waals surface area (Å²) in [5, 5.41) is 6.29. The Labute approximate surface area is 144 Å². The zero-order chi connectivity index (χ0) is 17.4. The number of nitrogens with one attached hydrogen (secondary N) is 2. The van der Waals surface area contributed by atoms with Crippen LogP contribution in [0.15, 0.2) is 42.6 Å². The van der Waals surface area contributed by atoms with Gasteiger partial charge in [-0.25, -0.2) is 4.98 Å². The average Bonchev–Trinajstić information content (AvgIpc) is 2.59. The molecule has 1 aromatic carbocycles. The zero-order valence-corrected chi connectivity index (χ0v) is 14.8. The summed E-state index contributed by atoms with van der Waals surface area (Å²) in [6, 6.07) is 11.5. The fourth-order valence-corrected chi connectivity index (χ4v) is 2.57. The van der Waals surface area contributed by atoms with Gasteiger partial charge in [0.1, 0.15) is 5.82 Å². The van der Waals surface area contributed by atoms with E-state index in [2.05, 4.69) is 36.4 Å². The lowest BCUT2D eigenvalue weighted by Gasteiger charge is -2.14. The van der Waals surface area contributed by atoms with E-state index in [1.807, 2.05) is 24.3 Å². The lowest BCUT2D eigenvalue weighted by molar-refractivity contribution is 0.102. The van der Waals surface area contributed by atoms with Gasteiger partial charge in [-0.15, -0.1) is 0 Å². The Morgan fingerprint density at radius 2 is 1.96 bits per heavy atom. The van der Waals surface area contributed by atoms with Crippen LogP contribution in [0.1, 0.15) is 61.9 Å². The first kappa shape index (κ1) is 18.0. The summed E-state index contributed by atoms with van der Waals surface area (Å²) in [6.07, 6.45) is 5.16. The molecule has 0 bridgehead atoms. The maximum absolute atomic E-state index is 12.6. The minimum atomic E-state index is -0.109. The molecule has 24 heavy (non-hydrogen) atoms. The van der Waals surface area contributed by atoms with Gasteiger partial charge in [-0.05, 0) is 36.1 Å². The quantitative estimate of drug-likeness (QED) is 0.667. The number of amides is 1. The van der Waals surface area contributed by atoms with Crippen molar-refractivity contribution in [2.45, 2.75) is 46.0 Å². The van der Waals surface area contributed by atoms with E-state index >= 15 is 0 Å². The van der Waals surface area contributed by atoms with Gasteiger partial charge in [0.2, 0.25) is 0 Å². The van der Waals surface area contributed by atoms with Crippen LogP contribution in [0.5, 0.6) is 0 Å². The second-order valence-corrected chi connectivity index (χ2v) is 6.26. The summed E-state index contributed by atoms with van der Waals surface area (Å²) in [4.78, 5) is 16.8. The van der Waals surface area contributed by atoms with Crippen LogP contribution in [-0.2, 0) is 0 Å². The van der Waals surface area contributed by atoms with Gasteiger partial charge in [0.15, 0.2) is 0 Å². The highest BCUT2D eigenvalue weighted by Crippen LogP contribution is 2.24. The van der Waals surface area contributed by atoms with Crippen molar-refractivity contribution in [3.05, 3.63) is 53.7 Å². The number of carbonyl (C=O) groups excluding carboxylic acids is 1. The Morgan fingerprint density at radius 3 is 2.71 bits per heavy atom. The topological polar surface area (TPSA) is 54.0 Å². The lowest BCUT2D eigenvalue weighted by Crippen LogP contribution is -2.14. The molecule has 2 N–H and O–H groups in total. The molecular weight excluding hydrogens is 298 g/mol. The van der Waals surface area contributed by atoms with Crippen LogP contribution in [0, 0.1) is 0 Å². The number of nitrogens with zero attached hydrogens (tertiary/aromatic N) is 1. The van der Waals surface area contributed by atoms with Crippen LogP contribution in [0.4, 0.5) is 11.5 Å². The molecule has 0 spiro atoms. The first-order valence-corrected chi connectivity index (χ1v) is 8.72. The number of hydrogen-bond acceptors (Lipinski definition) is 3. The zero-order valence-electron chi connectivity index (χ0n) is 14.8. The maximum atomic E-state index is 12.6. The average molecular weight is 325 g/mol. The fraction of sp³-hybridized carbons (Fsp3) is 0.400. The van der Waals surface area contributed by atoms with Crippen molar-refractivity contribution < 1.29 is 4.79 Å². The molecule has 1 amide bonds. The number of pyridine rings is 1. The van der Waals surface area contributed by atoms with Crippen molar-refractivity contribution in [1.29, 1.82) is 0 Å². The second kappa shape index (κ2) is 9.06. The van der Waals surface area contributed by atoms with E-state index in [1.165, 1.54) is 12.8 Å². The van der Waals surface area contributed by atoms with Gasteiger partial charge in [0, 0.05) is 24.0 Å². The number of unbranched alkanes of at least 4 members (excludes halogenated alkanes) is 2. The van der Waals surface area contributed by atoms with Crippen LogP contribution in [0.25, 0.3) is 0 Å². The first-order chi connectivity index (χ1) is 11.6. The molecule has 0 saturated carbocycles. The molecule has 0 atom stereocenters. The van der Waals surface area contributed by atoms with Crippen molar-refractivity contribution in [3.8, 4) is 0 Å². The predicted molar refractivity (Wildman–Crippen MR) is 101 cm³/mol. The Hall–Kier alpha value is -2.36. The van der Waals surface area contributed by atoms with E-state index in [-0.39, 0.29) is 5.91 Å². The molecule has 4 heteroatoms. The number of para-hydroxylation sites is 1. The Balaban J connectivity index is 2.05. The third-order valence-corrected chi connectivity index (χ3v) is 3.94. The molecule has 1 heterocycles. The summed E-state index contributed by atoms with van der Waals surface area (Å²) in [6.45, 7) is 7.30. The molecule has 0 aliphatic rings. The van der Waals surface area contributed by atoms with Gasteiger partial charge in [0.25, 0.3) is 5.91 Å². The van der Waals surface area contributed by atoms with Crippen LogP contribution >= 0.6 is 0 Å². The summed E-state index contributed by atoms with van der Waals surface area (Å²) in [7, 11) is 0. The molecule has 0 saturated heterocycles. The Morgan fingerprint density at radius 1 is 1.17 bits per heavy atom. The highest BCUT2D eigenvalue weighted by molar-refractivity contribution is 6.05. The van der Waals surface area contributed by atoms with E-state index in [0.717, 1.165) is 30.0 Å². The summed E-state index contributed by atoms with van der Waals surface area (Å²) in [5.74, 6) is 0.993. The summed E-state index contributed by atoms with van der Waals surface area (Å²) < 4.78 is 0. The molecule has 2 rings (SSSR count). The Bertz CT molecular complexity index is 667. The largest absolute Gasteiger partial charge is 0.370 e. The molecule has 4 nitrogen and oxygen atoms in total. The molecule has 0 aliphatic heterocycles. The molecule has 0 aliphatic carbocycles. The van der Waals surface area contributed by atoms with Gasteiger partial charge >= 0.3 is 0 Å². The normalized spacial score (nSPS) is 10.7.